The van der Waals surface area contributed by atoms with E-state index in [0.29, 0.717) is 5.92 Å². The summed E-state index contributed by atoms with van der Waals surface area (Å²) in [6, 6.07) is 0. The molecular formula is C26H43N2+. The third-order valence-electron chi connectivity index (χ3n) is 7.85. The average Bonchev–Trinajstić information content (AvgIpc) is 2.73. The highest BCUT2D eigenvalue weighted by Gasteiger charge is 2.39. The maximum atomic E-state index is 2.74. The summed E-state index contributed by atoms with van der Waals surface area (Å²) in [4.78, 5) is 4.60. The number of quaternary nitrogens is 1. The molecule has 0 aromatic carbocycles. The van der Waals surface area contributed by atoms with Gasteiger partial charge in [0, 0.05) is 31.3 Å². The van der Waals surface area contributed by atoms with E-state index >= 15 is 0 Å². The Kier molecular flexibility index (Phi) is 7.86. The zero-order chi connectivity index (χ0) is 19.0. The van der Waals surface area contributed by atoms with Crippen molar-refractivity contribution >= 4 is 0 Å². The Labute approximate surface area is 173 Å². The molecule has 4 aliphatic rings. The van der Waals surface area contributed by atoms with Gasteiger partial charge in [-0.3, -0.25) is 4.90 Å². The van der Waals surface area contributed by atoms with Crippen LogP contribution >= 0.6 is 0 Å². The van der Waals surface area contributed by atoms with E-state index in [1.54, 1.807) is 0 Å². The van der Waals surface area contributed by atoms with Crippen molar-refractivity contribution in [2.45, 2.75) is 70.6 Å². The van der Waals surface area contributed by atoms with Gasteiger partial charge in [0.05, 0.1) is 13.1 Å². The number of nitrogens with one attached hydrogen (secondary N) is 1. The smallest absolute Gasteiger partial charge is 0.133 e. The van der Waals surface area contributed by atoms with Gasteiger partial charge in [-0.15, -0.1) is 0 Å². The lowest BCUT2D eigenvalue weighted by atomic mass is 9.64. The zero-order valence-corrected chi connectivity index (χ0v) is 18.0. The van der Waals surface area contributed by atoms with Gasteiger partial charge < -0.3 is 4.90 Å². The Morgan fingerprint density at radius 1 is 0.679 bits per heavy atom. The molecule has 0 radical (unpaired) electrons. The largest absolute Gasteiger partial charge is 0.322 e. The fourth-order valence-electron chi connectivity index (χ4n) is 6.32. The van der Waals surface area contributed by atoms with E-state index in [2.05, 4.69) is 41.4 Å². The van der Waals surface area contributed by atoms with Gasteiger partial charge in [-0.2, -0.15) is 0 Å². The second-order valence-electron chi connectivity index (χ2n) is 9.90. The maximum absolute atomic E-state index is 2.74. The summed E-state index contributed by atoms with van der Waals surface area (Å²) in [5, 5.41) is 0. The third kappa shape index (κ3) is 5.60. The van der Waals surface area contributed by atoms with E-state index in [-0.39, 0.29) is 0 Å². The molecule has 4 rings (SSSR count). The second-order valence-corrected chi connectivity index (χ2v) is 9.90. The van der Waals surface area contributed by atoms with Crippen molar-refractivity contribution in [2.24, 2.45) is 23.7 Å². The van der Waals surface area contributed by atoms with Gasteiger partial charge in [0.1, 0.15) is 6.67 Å². The standard InChI is InChI=1S/C26H42N2/c1-2-4-6-8-13-24-17-16-23-14-9-10-15-25(23)26(24)21-28-20-12-19-27(22-28)18-11-7-5-3-1/h5,7-8,13,16-17,23-26H,1-4,6,9-12,14-15,18-22H2/p+1/b7-5-,13-8+/t23-,24+,25+,26+/m0/s1. The lowest BCUT2D eigenvalue weighted by Gasteiger charge is -2.43. The molecule has 2 bridgehead atoms. The highest BCUT2D eigenvalue weighted by atomic mass is 15.3. The first-order valence-corrected chi connectivity index (χ1v) is 12.5. The summed E-state index contributed by atoms with van der Waals surface area (Å²) in [6.45, 7) is 6.65. The first kappa shape index (κ1) is 20.4. The zero-order valence-electron chi connectivity index (χ0n) is 18.0. The van der Waals surface area contributed by atoms with Gasteiger partial charge in [0.15, 0.2) is 0 Å². The molecule has 0 aromatic heterocycles. The minimum absolute atomic E-state index is 0.694. The molecule has 0 aromatic rings. The predicted molar refractivity (Wildman–Crippen MR) is 119 cm³/mol. The topological polar surface area (TPSA) is 7.68 Å². The molecule has 1 saturated heterocycles. The van der Waals surface area contributed by atoms with E-state index in [0.717, 1.165) is 17.8 Å². The average molecular weight is 384 g/mol. The van der Waals surface area contributed by atoms with E-state index in [9.17, 15) is 0 Å². The monoisotopic (exact) mass is 383 g/mol. The molecule has 6 atom stereocenters. The van der Waals surface area contributed by atoms with Crippen LogP contribution < -0.4 is 4.90 Å². The number of nitrogens with zero attached hydrogens (tertiary/aromatic N) is 1. The normalized spacial score (nSPS) is 42.6. The van der Waals surface area contributed by atoms with E-state index < -0.39 is 0 Å². The predicted octanol–water partition coefficient (Wildman–Crippen LogP) is 4.61. The number of rotatable bonds is 0. The molecule has 0 spiro atoms. The Morgan fingerprint density at radius 2 is 1.54 bits per heavy atom. The van der Waals surface area contributed by atoms with Crippen LogP contribution in [0.25, 0.3) is 0 Å². The summed E-state index contributed by atoms with van der Waals surface area (Å²) in [6.07, 6.45) is 30.4. The number of hydrogen-bond acceptors (Lipinski definition) is 1. The molecule has 1 N–H and O–H groups in total. The fourth-order valence-corrected chi connectivity index (χ4v) is 6.32. The van der Waals surface area contributed by atoms with Crippen LogP contribution in [0, 0.1) is 23.7 Å². The molecule has 2 unspecified atom stereocenters. The van der Waals surface area contributed by atoms with E-state index in [1.807, 2.05) is 4.90 Å². The summed E-state index contributed by atoms with van der Waals surface area (Å²) < 4.78 is 0. The summed E-state index contributed by atoms with van der Waals surface area (Å²) in [5.41, 5.74) is 0. The summed E-state index contributed by atoms with van der Waals surface area (Å²) in [5.74, 6) is 3.39. The van der Waals surface area contributed by atoms with E-state index in [1.165, 1.54) is 103 Å². The van der Waals surface area contributed by atoms with Gasteiger partial charge in [0.25, 0.3) is 0 Å². The number of hydrogen-bond donors (Lipinski definition) is 1. The molecule has 156 valence electrons. The van der Waals surface area contributed by atoms with Crippen molar-refractivity contribution in [1.29, 1.82) is 0 Å². The van der Waals surface area contributed by atoms with Crippen molar-refractivity contribution in [3.05, 3.63) is 36.5 Å². The van der Waals surface area contributed by atoms with Crippen molar-refractivity contribution in [3.8, 4) is 0 Å². The van der Waals surface area contributed by atoms with Gasteiger partial charge in [-0.25, -0.2) is 0 Å². The third-order valence-corrected chi connectivity index (χ3v) is 7.85. The highest BCUT2D eigenvalue weighted by molar-refractivity contribution is 5.12. The Bertz CT molecular complexity index is 549. The van der Waals surface area contributed by atoms with Crippen LogP contribution in [0.1, 0.15) is 70.6 Å². The van der Waals surface area contributed by atoms with Crippen LogP contribution in [0.15, 0.2) is 36.5 Å². The quantitative estimate of drug-likeness (QED) is 0.600. The minimum Gasteiger partial charge on any atom is -0.322 e. The van der Waals surface area contributed by atoms with Gasteiger partial charge >= 0.3 is 0 Å². The van der Waals surface area contributed by atoms with Crippen molar-refractivity contribution < 1.29 is 4.90 Å². The molecule has 2 aliphatic heterocycles. The lowest BCUT2D eigenvalue weighted by Crippen LogP contribution is -3.15. The number of allylic oxidation sites excluding steroid dienone is 5. The molecule has 2 aliphatic carbocycles. The van der Waals surface area contributed by atoms with Crippen LogP contribution in [0.5, 0.6) is 0 Å². The maximum Gasteiger partial charge on any atom is 0.133 e. The van der Waals surface area contributed by atoms with Gasteiger partial charge in [-0.05, 0) is 56.8 Å². The lowest BCUT2D eigenvalue weighted by molar-refractivity contribution is -0.920. The summed E-state index contributed by atoms with van der Waals surface area (Å²) >= 11 is 0. The second kappa shape index (κ2) is 10.8. The van der Waals surface area contributed by atoms with Crippen LogP contribution in [-0.4, -0.2) is 37.7 Å². The van der Waals surface area contributed by atoms with E-state index in [4.69, 9.17) is 0 Å². The SMILES string of the molecule is C1=C[C@H]2/C=C/CCCCC/C=C\CCN3CCC[NH+](C[C@H]2[C@@H]2CCCC[C@@H]12)C3. The van der Waals surface area contributed by atoms with Crippen molar-refractivity contribution in [2.75, 3.05) is 32.8 Å². The fraction of sp³-hybridized carbons (Fsp3) is 0.769. The van der Waals surface area contributed by atoms with Crippen LogP contribution in [0.3, 0.4) is 0 Å². The highest BCUT2D eigenvalue weighted by Crippen LogP contribution is 2.43. The summed E-state index contributed by atoms with van der Waals surface area (Å²) in [7, 11) is 0. The van der Waals surface area contributed by atoms with Crippen LogP contribution in [-0.2, 0) is 0 Å². The van der Waals surface area contributed by atoms with Crippen LogP contribution in [0.4, 0.5) is 0 Å². The van der Waals surface area contributed by atoms with Crippen LogP contribution in [0.2, 0.25) is 0 Å². The molecule has 2 nitrogen and oxygen atoms in total. The first-order chi connectivity index (χ1) is 13.9. The molecular weight excluding hydrogens is 340 g/mol. The molecule has 0 amide bonds. The Hall–Kier alpha value is -0.860. The molecule has 2 heterocycles. The molecule has 2 fully saturated rings. The van der Waals surface area contributed by atoms with Gasteiger partial charge in [0.2, 0.25) is 0 Å². The Morgan fingerprint density at radius 3 is 2.50 bits per heavy atom. The minimum atomic E-state index is 0.694. The molecule has 2 heteroatoms. The Balaban J connectivity index is 1.48. The van der Waals surface area contributed by atoms with Gasteiger partial charge in [-0.1, -0.05) is 55.7 Å². The van der Waals surface area contributed by atoms with Crippen molar-refractivity contribution in [1.82, 2.24) is 4.90 Å². The van der Waals surface area contributed by atoms with Crippen molar-refractivity contribution in [3.63, 3.8) is 0 Å². The first-order valence-electron chi connectivity index (χ1n) is 12.5. The molecule has 28 heavy (non-hydrogen) atoms. The molecule has 1 saturated carbocycles. The number of fused-ring (bicyclic) bond motifs is 5.